The third-order valence-corrected chi connectivity index (χ3v) is 4.73. The van der Waals surface area contributed by atoms with Gasteiger partial charge in [0.1, 0.15) is 0 Å². The second kappa shape index (κ2) is 8.01. The zero-order valence-corrected chi connectivity index (χ0v) is 13.5. The standard InChI is InChI=1S/C18H20O3S/c1-13(22-15-11-7-4-8-12-15)16(18(20)21-2)17(19)14-9-5-3-6-10-14/h3-13,16-17,19H,1-2H3/t13-,16+,17+/m1/s1. The van der Waals surface area contributed by atoms with E-state index in [2.05, 4.69) is 0 Å². The van der Waals surface area contributed by atoms with Crippen LogP contribution in [-0.4, -0.2) is 23.4 Å². The van der Waals surface area contributed by atoms with Crippen molar-refractivity contribution >= 4 is 17.7 Å². The Morgan fingerprint density at radius 1 is 1.05 bits per heavy atom. The summed E-state index contributed by atoms with van der Waals surface area (Å²) in [4.78, 5) is 13.2. The van der Waals surface area contributed by atoms with Gasteiger partial charge in [-0.05, 0) is 17.7 Å². The molecule has 3 atom stereocenters. The van der Waals surface area contributed by atoms with Crippen LogP contribution >= 0.6 is 11.8 Å². The molecular weight excluding hydrogens is 296 g/mol. The molecule has 0 aliphatic rings. The van der Waals surface area contributed by atoms with Gasteiger partial charge >= 0.3 is 5.97 Å². The molecule has 0 fully saturated rings. The Balaban J connectivity index is 2.20. The van der Waals surface area contributed by atoms with E-state index >= 15 is 0 Å². The first kappa shape index (κ1) is 16.6. The van der Waals surface area contributed by atoms with E-state index in [0.717, 1.165) is 10.5 Å². The smallest absolute Gasteiger partial charge is 0.312 e. The van der Waals surface area contributed by atoms with E-state index in [9.17, 15) is 9.90 Å². The highest BCUT2D eigenvalue weighted by atomic mass is 32.2. The maximum Gasteiger partial charge on any atom is 0.312 e. The van der Waals surface area contributed by atoms with Crippen LogP contribution < -0.4 is 0 Å². The minimum absolute atomic E-state index is 0.120. The van der Waals surface area contributed by atoms with Crippen molar-refractivity contribution in [3.8, 4) is 0 Å². The predicted octanol–water partition coefficient (Wildman–Crippen LogP) is 3.69. The van der Waals surface area contributed by atoms with E-state index in [-0.39, 0.29) is 5.25 Å². The van der Waals surface area contributed by atoms with Gasteiger partial charge in [0.05, 0.1) is 19.1 Å². The highest BCUT2D eigenvalue weighted by Gasteiger charge is 2.34. The van der Waals surface area contributed by atoms with Crippen molar-refractivity contribution in [1.29, 1.82) is 0 Å². The Morgan fingerprint density at radius 3 is 2.14 bits per heavy atom. The Labute approximate surface area is 135 Å². The molecule has 2 aromatic rings. The number of ether oxygens (including phenoxy) is 1. The average molecular weight is 316 g/mol. The fourth-order valence-corrected chi connectivity index (χ4v) is 3.51. The van der Waals surface area contributed by atoms with Crippen LogP contribution in [0.15, 0.2) is 65.6 Å². The molecule has 22 heavy (non-hydrogen) atoms. The van der Waals surface area contributed by atoms with Crippen LogP contribution in [0.5, 0.6) is 0 Å². The number of aliphatic hydroxyl groups is 1. The molecule has 0 aliphatic heterocycles. The molecular formula is C18H20O3S. The lowest BCUT2D eigenvalue weighted by molar-refractivity contribution is -0.149. The first-order valence-corrected chi connectivity index (χ1v) is 8.04. The molecule has 0 amide bonds. The Bertz CT molecular complexity index is 586. The molecule has 3 nitrogen and oxygen atoms in total. The van der Waals surface area contributed by atoms with Crippen LogP contribution in [-0.2, 0) is 9.53 Å². The lowest BCUT2D eigenvalue weighted by atomic mass is 9.93. The van der Waals surface area contributed by atoms with Gasteiger partial charge in [0, 0.05) is 10.1 Å². The van der Waals surface area contributed by atoms with Crippen molar-refractivity contribution in [2.75, 3.05) is 7.11 Å². The molecule has 0 spiro atoms. The van der Waals surface area contributed by atoms with Crippen molar-refractivity contribution in [3.05, 3.63) is 66.2 Å². The van der Waals surface area contributed by atoms with Crippen LogP contribution in [0.4, 0.5) is 0 Å². The van der Waals surface area contributed by atoms with Gasteiger partial charge in [0.15, 0.2) is 0 Å². The van der Waals surface area contributed by atoms with Gasteiger partial charge in [-0.1, -0.05) is 55.5 Å². The molecule has 4 heteroatoms. The summed E-state index contributed by atoms with van der Waals surface area (Å²) in [6, 6.07) is 19.1. The Hall–Kier alpha value is -1.78. The number of benzene rings is 2. The maximum atomic E-state index is 12.2. The van der Waals surface area contributed by atoms with Crippen molar-refractivity contribution in [3.63, 3.8) is 0 Å². The highest BCUT2D eigenvalue weighted by molar-refractivity contribution is 8.00. The second-order valence-corrected chi connectivity index (χ2v) is 6.49. The molecule has 0 aliphatic carbocycles. The van der Waals surface area contributed by atoms with Crippen molar-refractivity contribution < 1.29 is 14.6 Å². The molecule has 0 saturated heterocycles. The average Bonchev–Trinajstić information content (AvgIpc) is 2.56. The number of hydrogen-bond acceptors (Lipinski definition) is 4. The first-order chi connectivity index (χ1) is 10.6. The van der Waals surface area contributed by atoms with Crippen molar-refractivity contribution in [2.24, 2.45) is 5.92 Å². The number of thioether (sulfide) groups is 1. The summed E-state index contributed by atoms with van der Waals surface area (Å²) in [7, 11) is 1.35. The largest absolute Gasteiger partial charge is 0.469 e. The van der Waals surface area contributed by atoms with Crippen molar-refractivity contribution in [1.82, 2.24) is 0 Å². The summed E-state index contributed by atoms with van der Waals surface area (Å²) in [5.74, 6) is -1.02. The number of carbonyl (C=O) groups is 1. The molecule has 2 rings (SSSR count). The Kier molecular flexibility index (Phi) is 6.04. The quantitative estimate of drug-likeness (QED) is 0.652. The number of hydrogen-bond donors (Lipinski definition) is 1. The van der Waals surface area contributed by atoms with Gasteiger partial charge in [-0.3, -0.25) is 4.79 Å². The van der Waals surface area contributed by atoms with Crippen LogP contribution in [0, 0.1) is 5.92 Å². The van der Waals surface area contributed by atoms with Crippen LogP contribution in [0.2, 0.25) is 0 Å². The van der Waals surface area contributed by atoms with E-state index in [1.54, 1.807) is 11.8 Å². The van der Waals surface area contributed by atoms with E-state index in [4.69, 9.17) is 4.74 Å². The van der Waals surface area contributed by atoms with Gasteiger partial charge in [-0.15, -0.1) is 11.8 Å². The molecule has 0 bridgehead atoms. The molecule has 1 N–H and O–H groups in total. The molecule has 2 aromatic carbocycles. The number of aliphatic hydroxyl groups excluding tert-OH is 1. The van der Waals surface area contributed by atoms with E-state index in [1.165, 1.54) is 7.11 Å². The van der Waals surface area contributed by atoms with Crippen LogP contribution in [0.1, 0.15) is 18.6 Å². The maximum absolute atomic E-state index is 12.2. The zero-order valence-electron chi connectivity index (χ0n) is 12.7. The van der Waals surface area contributed by atoms with Gasteiger partial charge < -0.3 is 9.84 Å². The van der Waals surface area contributed by atoms with Gasteiger partial charge in [0.25, 0.3) is 0 Å². The van der Waals surface area contributed by atoms with E-state index < -0.39 is 18.0 Å². The first-order valence-electron chi connectivity index (χ1n) is 7.16. The summed E-state index contributed by atoms with van der Waals surface area (Å²) < 4.78 is 4.90. The minimum atomic E-state index is -0.889. The Morgan fingerprint density at radius 2 is 1.59 bits per heavy atom. The monoisotopic (exact) mass is 316 g/mol. The molecule has 0 aromatic heterocycles. The number of carbonyl (C=O) groups excluding carboxylic acids is 1. The van der Waals surface area contributed by atoms with Gasteiger partial charge in [-0.2, -0.15) is 0 Å². The number of rotatable bonds is 6. The number of methoxy groups -OCH3 is 1. The summed E-state index contributed by atoms with van der Waals surface area (Å²) >= 11 is 1.56. The van der Waals surface area contributed by atoms with Crippen LogP contribution in [0.3, 0.4) is 0 Å². The summed E-state index contributed by atoms with van der Waals surface area (Å²) in [6.45, 7) is 1.94. The summed E-state index contributed by atoms with van der Waals surface area (Å²) in [5, 5.41) is 10.5. The topological polar surface area (TPSA) is 46.5 Å². The fourth-order valence-electron chi connectivity index (χ4n) is 2.36. The second-order valence-electron chi connectivity index (χ2n) is 5.04. The third-order valence-electron chi connectivity index (χ3n) is 3.53. The summed E-state index contributed by atoms with van der Waals surface area (Å²) in [5.41, 5.74) is 0.721. The molecule has 0 unspecified atom stereocenters. The van der Waals surface area contributed by atoms with E-state index in [1.807, 2.05) is 67.6 Å². The molecule has 0 heterocycles. The van der Waals surface area contributed by atoms with Crippen molar-refractivity contribution in [2.45, 2.75) is 23.2 Å². The minimum Gasteiger partial charge on any atom is -0.469 e. The number of esters is 1. The highest BCUT2D eigenvalue weighted by Crippen LogP contribution is 2.35. The zero-order chi connectivity index (χ0) is 15.9. The SMILES string of the molecule is COC(=O)[C@@H]([C@@H](C)Sc1ccccc1)[C@@H](O)c1ccccc1. The molecule has 116 valence electrons. The van der Waals surface area contributed by atoms with Gasteiger partial charge in [-0.25, -0.2) is 0 Å². The van der Waals surface area contributed by atoms with Crippen LogP contribution in [0.25, 0.3) is 0 Å². The van der Waals surface area contributed by atoms with E-state index in [0.29, 0.717) is 0 Å². The molecule has 0 radical (unpaired) electrons. The lowest BCUT2D eigenvalue weighted by Gasteiger charge is -2.26. The third kappa shape index (κ3) is 4.12. The lowest BCUT2D eigenvalue weighted by Crippen LogP contribution is -2.31. The fraction of sp³-hybridized carbons (Fsp3) is 0.278. The van der Waals surface area contributed by atoms with Gasteiger partial charge in [0.2, 0.25) is 0 Å². The molecule has 0 saturated carbocycles. The predicted molar refractivity (Wildman–Crippen MR) is 88.7 cm³/mol. The summed E-state index contributed by atoms with van der Waals surface area (Å²) in [6.07, 6.45) is -0.889. The normalized spacial score (nSPS) is 14.9.